The van der Waals surface area contributed by atoms with E-state index in [4.69, 9.17) is 11.6 Å². The number of pyridine rings is 1. The summed E-state index contributed by atoms with van der Waals surface area (Å²) >= 11 is 5.61. The van der Waals surface area contributed by atoms with Gasteiger partial charge in [0.15, 0.2) is 4.90 Å². The molecule has 2 aromatic rings. The molecule has 0 unspecified atom stereocenters. The molecule has 0 aliphatic rings. The van der Waals surface area contributed by atoms with Crippen LogP contribution in [0.25, 0.3) is 0 Å². The molecular formula is C11H7ClFN3O4S. The SMILES string of the molecule is O=[N+]([O-])c1c(F)cccc1S(=O)(=O)Nc1ccnc(Cl)c1. The van der Waals surface area contributed by atoms with Crippen molar-refractivity contribution in [2.45, 2.75) is 4.90 Å². The van der Waals surface area contributed by atoms with Gasteiger partial charge in [0.25, 0.3) is 10.0 Å². The zero-order valence-electron chi connectivity index (χ0n) is 10.2. The molecule has 1 heterocycles. The van der Waals surface area contributed by atoms with Crippen LogP contribution in [0.1, 0.15) is 0 Å². The van der Waals surface area contributed by atoms with E-state index in [2.05, 4.69) is 9.71 Å². The first kappa shape index (κ1) is 15.1. The van der Waals surface area contributed by atoms with Crippen LogP contribution in [0, 0.1) is 15.9 Å². The van der Waals surface area contributed by atoms with E-state index in [0.717, 1.165) is 18.2 Å². The van der Waals surface area contributed by atoms with Gasteiger partial charge in [0, 0.05) is 6.20 Å². The van der Waals surface area contributed by atoms with Gasteiger partial charge in [0.2, 0.25) is 5.82 Å². The molecule has 0 saturated heterocycles. The van der Waals surface area contributed by atoms with E-state index in [1.54, 1.807) is 0 Å². The Kier molecular flexibility index (Phi) is 4.05. The molecule has 1 N–H and O–H groups in total. The maximum Gasteiger partial charge on any atom is 0.325 e. The number of nitro groups is 1. The minimum absolute atomic E-state index is 0.0314. The lowest BCUT2D eigenvalue weighted by molar-refractivity contribution is -0.390. The third kappa shape index (κ3) is 3.26. The number of nitrogens with one attached hydrogen (secondary N) is 1. The monoisotopic (exact) mass is 331 g/mol. The van der Waals surface area contributed by atoms with Gasteiger partial charge >= 0.3 is 5.69 Å². The topological polar surface area (TPSA) is 102 Å². The molecule has 0 bridgehead atoms. The molecule has 1 aromatic heterocycles. The number of halogens is 2. The fraction of sp³-hybridized carbons (Fsp3) is 0. The summed E-state index contributed by atoms with van der Waals surface area (Å²) in [6, 6.07) is 5.32. The molecule has 0 atom stereocenters. The summed E-state index contributed by atoms with van der Waals surface area (Å²) < 4.78 is 39.8. The van der Waals surface area contributed by atoms with Gasteiger partial charge in [0.1, 0.15) is 5.15 Å². The van der Waals surface area contributed by atoms with E-state index in [9.17, 15) is 22.9 Å². The van der Waals surface area contributed by atoms with Crippen molar-refractivity contribution in [3.63, 3.8) is 0 Å². The first-order chi connectivity index (χ1) is 9.81. The van der Waals surface area contributed by atoms with E-state index in [-0.39, 0.29) is 10.8 Å². The first-order valence-electron chi connectivity index (χ1n) is 5.38. The Hall–Kier alpha value is -2.26. The van der Waals surface area contributed by atoms with Gasteiger partial charge in [-0.3, -0.25) is 14.8 Å². The smallest absolute Gasteiger partial charge is 0.279 e. The lowest BCUT2D eigenvalue weighted by Gasteiger charge is -2.08. The third-order valence-electron chi connectivity index (χ3n) is 2.40. The molecule has 0 radical (unpaired) electrons. The third-order valence-corrected chi connectivity index (χ3v) is 4.02. The van der Waals surface area contributed by atoms with Crippen LogP contribution in [0.5, 0.6) is 0 Å². The molecule has 10 heteroatoms. The quantitative estimate of drug-likeness (QED) is 0.527. The number of hydrogen-bond acceptors (Lipinski definition) is 5. The maximum atomic E-state index is 13.5. The number of hydrogen-bond donors (Lipinski definition) is 1. The summed E-state index contributed by atoms with van der Waals surface area (Å²) in [4.78, 5) is 12.6. The summed E-state index contributed by atoms with van der Waals surface area (Å²) in [6.45, 7) is 0. The normalized spacial score (nSPS) is 11.1. The Bertz CT molecular complexity index is 813. The van der Waals surface area contributed by atoms with Crippen molar-refractivity contribution >= 4 is 33.0 Å². The van der Waals surface area contributed by atoms with Crippen molar-refractivity contribution < 1.29 is 17.7 Å². The number of aromatic nitrogens is 1. The molecule has 21 heavy (non-hydrogen) atoms. The van der Waals surface area contributed by atoms with E-state index in [0.29, 0.717) is 0 Å². The zero-order valence-corrected chi connectivity index (χ0v) is 11.7. The predicted molar refractivity (Wildman–Crippen MR) is 73.1 cm³/mol. The van der Waals surface area contributed by atoms with Crippen molar-refractivity contribution in [2.75, 3.05) is 4.72 Å². The number of benzene rings is 1. The first-order valence-corrected chi connectivity index (χ1v) is 7.24. The molecule has 7 nitrogen and oxygen atoms in total. The minimum Gasteiger partial charge on any atom is -0.279 e. The van der Waals surface area contributed by atoms with Crippen molar-refractivity contribution in [3.05, 3.63) is 57.6 Å². The van der Waals surface area contributed by atoms with Crippen molar-refractivity contribution in [3.8, 4) is 0 Å². The highest BCUT2D eigenvalue weighted by molar-refractivity contribution is 7.92. The standard InChI is InChI=1S/C11H7ClFN3O4S/c12-10-6-7(4-5-14-10)15-21(19,20)9-3-1-2-8(13)11(9)16(17)18/h1-6H,(H,14,15). The number of nitro benzene ring substituents is 1. The van der Waals surface area contributed by atoms with Gasteiger partial charge in [-0.15, -0.1) is 0 Å². The lowest BCUT2D eigenvalue weighted by atomic mass is 10.3. The highest BCUT2D eigenvalue weighted by Gasteiger charge is 2.29. The summed E-state index contributed by atoms with van der Waals surface area (Å²) in [5.74, 6) is -1.24. The van der Waals surface area contributed by atoms with E-state index < -0.39 is 31.3 Å². The van der Waals surface area contributed by atoms with E-state index in [1.807, 2.05) is 0 Å². The second-order valence-electron chi connectivity index (χ2n) is 3.82. The summed E-state index contributed by atoms with van der Waals surface area (Å²) in [5.41, 5.74) is -1.07. The molecule has 0 aliphatic heterocycles. The van der Waals surface area contributed by atoms with Gasteiger partial charge < -0.3 is 0 Å². The maximum absolute atomic E-state index is 13.5. The van der Waals surface area contributed by atoms with Crippen LogP contribution in [0.3, 0.4) is 0 Å². The number of sulfonamides is 1. The largest absolute Gasteiger partial charge is 0.325 e. The van der Waals surface area contributed by atoms with Gasteiger partial charge in [0.05, 0.1) is 10.6 Å². The second-order valence-corrected chi connectivity index (χ2v) is 5.85. The fourth-order valence-corrected chi connectivity index (χ4v) is 2.97. The molecule has 0 fully saturated rings. The van der Waals surface area contributed by atoms with Crippen LogP contribution in [-0.2, 0) is 10.0 Å². The average molecular weight is 332 g/mol. The van der Waals surface area contributed by atoms with Crippen LogP contribution in [0.2, 0.25) is 5.15 Å². The lowest BCUT2D eigenvalue weighted by Crippen LogP contribution is -2.15. The molecule has 0 spiro atoms. The van der Waals surface area contributed by atoms with Crippen molar-refractivity contribution in [1.82, 2.24) is 4.98 Å². The van der Waals surface area contributed by atoms with Crippen molar-refractivity contribution in [2.24, 2.45) is 0 Å². The van der Waals surface area contributed by atoms with Crippen LogP contribution in [-0.4, -0.2) is 18.3 Å². The van der Waals surface area contributed by atoms with Crippen LogP contribution >= 0.6 is 11.6 Å². The number of rotatable bonds is 4. The molecule has 1 aromatic carbocycles. The van der Waals surface area contributed by atoms with Gasteiger partial charge in [-0.2, -0.15) is 4.39 Å². The molecular weight excluding hydrogens is 325 g/mol. The Balaban J connectivity index is 2.50. The van der Waals surface area contributed by atoms with E-state index >= 15 is 0 Å². The number of nitrogens with zero attached hydrogens (tertiary/aromatic N) is 2. The van der Waals surface area contributed by atoms with Crippen LogP contribution in [0.4, 0.5) is 15.8 Å². The zero-order chi connectivity index (χ0) is 15.6. The summed E-state index contributed by atoms with van der Waals surface area (Å²) in [7, 11) is -4.35. The highest BCUT2D eigenvalue weighted by Crippen LogP contribution is 2.28. The molecule has 0 saturated carbocycles. The van der Waals surface area contributed by atoms with Gasteiger partial charge in [-0.05, 0) is 24.3 Å². The van der Waals surface area contributed by atoms with Crippen LogP contribution < -0.4 is 4.72 Å². The number of para-hydroxylation sites is 1. The predicted octanol–water partition coefficient (Wildman–Crippen LogP) is 2.58. The molecule has 0 amide bonds. The Morgan fingerprint density at radius 2 is 2.05 bits per heavy atom. The number of anilines is 1. The molecule has 2 rings (SSSR count). The van der Waals surface area contributed by atoms with Crippen molar-refractivity contribution in [1.29, 1.82) is 0 Å². The van der Waals surface area contributed by atoms with Gasteiger partial charge in [-0.1, -0.05) is 17.7 Å². The Labute approximate surface area is 123 Å². The minimum atomic E-state index is -4.35. The Morgan fingerprint density at radius 1 is 1.33 bits per heavy atom. The molecule has 110 valence electrons. The highest BCUT2D eigenvalue weighted by atomic mass is 35.5. The Morgan fingerprint density at radius 3 is 2.67 bits per heavy atom. The second kappa shape index (κ2) is 5.62. The van der Waals surface area contributed by atoms with Crippen LogP contribution in [0.15, 0.2) is 41.4 Å². The fourth-order valence-electron chi connectivity index (χ4n) is 1.57. The molecule has 0 aliphatic carbocycles. The summed E-state index contributed by atoms with van der Waals surface area (Å²) in [5, 5.41) is 10.9. The summed E-state index contributed by atoms with van der Waals surface area (Å²) in [6.07, 6.45) is 1.25. The van der Waals surface area contributed by atoms with E-state index in [1.165, 1.54) is 18.3 Å². The average Bonchev–Trinajstić information content (AvgIpc) is 2.37. The van der Waals surface area contributed by atoms with Gasteiger partial charge in [-0.25, -0.2) is 13.4 Å².